The van der Waals surface area contributed by atoms with E-state index >= 15 is 0 Å². The predicted octanol–water partition coefficient (Wildman–Crippen LogP) is 1.98. The van der Waals surface area contributed by atoms with Crippen LogP contribution in [0.1, 0.15) is 42.5 Å². The van der Waals surface area contributed by atoms with Crippen LogP contribution in [-0.4, -0.2) is 86.3 Å². The lowest BCUT2D eigenvalue weighted by molar-refractivity contribution is -0.136. The number of hydrogen-bond donors (Lipinski definition) is 0. The third kappa shape index (κ3) is 4.60. The molecule has 1 aromatic carbocycles. The molecule has 3 fully saturated rings. The first kappa shape index (κ1) is 22.5. The fraction of sp³-hybridized carbons (Fsp3) is 0.619. The molecule has 0 saturated carbocycles. The average Bonchev–Trinajstić information content (AvgIpc) is 3.34. The van der Waals surface area contributed by atoms with Crippen molar-refractivity contribution in [1.82, 2.24) is 14.1 Å². The quantitative estimate of drug-likeness (QED) is 0.672. The monoisotopic (exact) mass is 469 g/mol. The van der Waals surface area contributed by atoms with Crippen molar-refractivity contribution in [2.45, 2.75) is 43.0 Å². The van der Waals surface area contributed by atoms with Crippen LogP contribution in [0, 0.1) is 0 Å². The standard InChI is InChI=1S/C21H28ClN3O5S/c22-17-7-6-16(15-19(17)31(28,29)24-11-13-30-14-12-24)20(26)25-10-2-1-5-18(25)21(27)23-8-3-4-9-23/h6-7,15,18H,1-5,8-14H2. The number of morpholine rings is 1. The highest BCUT2D eigenvalue weighted by molar-refractivity contribution is 7.89. The minimum Gasteiger partial charge on any atom is -0.379 e. The molecule has 10 heteroatoms. The van der Waals surface area contributed by atoms with E-state index in [0.29, 0.717) is 26.2 Å². The summed E-state index contributed by atoms with van der Waals surface area (Å²) >= 11 is 6.23. The summed E-state index contributed by atoms with van der Waals surface area (Å²) in [6, 6.07) is 3.84. The Labute approximate surface area is 188 Å². The highest BCUT2D eigenvalue weighted by Crippen LogP contribution is 2.29. The zero-order chi connectivity index (χ0) is 22.0. The van der Waals surface area contributed by atoms with Gasteiger partial charge in [-0.3, -0.25) is 9.59 Å². The molecule has 3 aliphatic heterocycles. The lowest BCUT2D eigenvalue weighted by Crippen LogP contribution is -2.52. The highest BCUT2D eigenvalue weighted by Gasteiger charge is 2.37. The number of likely N-dealkylation sites (tertiary alicyclic amines) is 2. The van der Waals surface area contributed by atoms with E-state index in [-0.39, 0.29) is 40.4 Å². The number of sulfonamides is 1. The van der Waals surface area contributed by atoms with Crippen LogP contribution in [0.25, 0.3) is 0 Å². The van der Waals surface area contributed by atoms with Crippen LogP contribution in [0.15, 0.2) is 23.1 Å². The molecule has 8 nitrogen and oxygen atoms in total. The first-order valence-corrected chi connectivity index (χ1v) is 12.7. The first-order chi connectivity index (χ1) is 14.9. The number of carbonyl (C=O) groups is 2. The molecular weight excluding hydrogens is 442 g/mol. The molecule has 0 aliphatic carbocycles. The molecule has 3 heterocycles. The number of carbonyl (C=O) groups excluding carboxylic acids is 2. The van der Waals surface area contributed by atoms with Crippen molar-refractivity contribution in [2.24, 2.45) is 0 Å². The van der Waals surface area contributed by atoms with E-state index in [0.717, 1.165) is 38.8 Å². The number of hydrogen-bond acceptors (Lipinski definition) is 5. The number of halogens is 1. The zero-order valence-corrected chi connectivity index (χ0v) is 19.0. The molecule has 2 amide bonds. The molecule has 0 N–H and O–H groups in total. The number of ether oxygens (including phenoxy) is 1. The van der Waals surface area contributed by atoms with E-state index in [4.69, 9.17) is 16.3 Å². The molecule has 31 heavy (non-hydrogen) atoms. The van der Waals surface area contributed by atoms with Gasteiger partial charge in [0.25, 0.3) is 5.91 Å². The number of piperidine rings is 1. The summed E-state index contributed by atoms with van der Waals surface area (Å²) in [5.74, 6) is -0.326. The second kappa shape index (κ2) is 9.44. The van der Waals surface area contributed by atoms with Crippen molar-refractivity contribution < 1.29 is 22.7 Å². The van der Waals surface area contributed by atoms with Gasteiger partial charge < -0.3 is 14.5 Å². The van der Waals surface area contributed by atoms with Gasteiger partial charge in [-0.25, -0.2) is 8.42 Å². The SMILES string of the molecule is O=C(C1CCCCN1C(=O)c1ccc(Cl)c(S(=O)(=O)N2CCOCC2)c1)N1CCCC1. The first-order valence-electron chi connectivity index (χ1n) is 10.9. The molecule has 1 aromatic rings. The Morgan fingerprint density at radius 1 is 0.968 bits per heavy atom. The Morgan fingerprint density at radius 2 is 1.65 bits per heavy atom. The summed E-state index contributed by atoms with van der Waals surface area (Å²) in [6.07, 6.45) is 4.33. The van der Waals surface area contributed by atoms with E-state index in [1.54, 1.807) is 4.90 Å². The molecule has 0 spiro atoms. The van der Waals surface area contributed by atoms with Crippen LogP contribution in [-0.2, 0) is 19.6 Å². The van der Waals surface area contributed by atoms with Gasteiger partial charge in [0.15, 0.2) is 0 Å². The molecule has 170 valence electrons. The smallest absolute Gasteiger partial charge is 0.254 e. The van der Waals surface area contributed by atoms with Crippen molar-refractivity contribution in [3.05, 3.63) is 28.8 Å². The van der Waals surface area contributed by atoms with Crippen molar-refractivity contribution in [3.63, 3.8) is 0 Å². The second-order valence-electron chi connectivity index (χ2n) is 8.20. The highest BCUT2D eigenvalue weighted by atomic mass is 35.5. The summed E-state index contributed by atoms with van der Waals surface area (Å²) in [6.45, 7) is 3.09. The van der Waals surface area contributed by atoms with Gasteiger partial charge in [-0.1, -0.05) is 11.6 Å². The summed E-state index contributed by atoms with van der Waals surface area (Å²) in [7, 11) is -3.85. The van der Waals surface area contributed by atoms with Crippen molar-refractivity contribution in [1.29, 1.82) is 0 Å². The Kier molecular flexibility index (Phi) is 6.86. The maximum Gasteiger partial charge on any atom is 0.254 e. The van der Waals surface area contributed by atoms with Crippen LogP contribution in [0.5, 0.6) is 0 Å². The van der Waals surface area contributed by atoms with Crippen LogP contribution in [0.3, 0.4) is 0 Å². The largest absolute Gasteiger partial charge is 0.379 e. The summed E-state index contributed by atoms with van der Waals surface area (Å²) < 4.78 is 32.8. The molecule has 1 atom stereocenters. The van der Waals surface area contributed by atoms with E-state index in [2.05, 4.69) is 0 Å². The average molecular weight is 470 g/mol. The third-order valence-corrected chi connectivity index (χ3v) is 8.61. The molecule has 3 aliphatic rings. The summed E-state index contributed by atoms with van der Waals surface area (Å²) in [4.78, 5) is 29.8. The van der Waals surface area contributed by atoms with Crippen molar-refractivity contribution in [3.8, 4) is 0 Å². The van der Waals surface area contributed by atoms with Crippen LogP contribution < -0.4 is 0 Å². The van der Waals surface area contributed by atoms with Gasteiger partial charge in [0, 0.05) is 38.3 Å². The van der Waals surface area contributed by atoms with Gasteiger partial charge >= 0.3 is 0 Å². The van der Waals surface area contributed by atoms with E-state index < -0.39 is 16.1 Å². The van der Waals surface area contributed by atoms with Gasteiger partial charge in [0.05, 0.1) is 18.2 Å². The predicted molar refractivity (Wildman–Crippen MR) is 116 cm³/mol. The Morgan fingerprint density at radius 3 is 2.35 bits per heavy atom. The molecule has 0 bridgehead atoms. The van der Waals surface area contributed by atoms with Crippen molar-refractivity contribution >= 4 is 33.4 Å². The second-order valence-corrected chi connectivity index (χ2v) is 10.5. The Bertz CT molecular complexity index is 942. The van der Waals surface area contributed by atoms with Crippen LogP contribution in [0.2, 0.25) is 5.02 Å². The minimum absolute atomic E-state index is 0.000625. The van der Waals surface area contributed by atoms with Gasteiger partial charge in [0.1, 0.15) is 10.9 Å². The zero-order valence-electron chi connectivity index (χ0n) is 17.5. The maximum absolute atomic E-state index is 13.4. The lowest BCUT2D eigenvalue weighted by Gasteiger charge is -2.37. The van der Waals surface area contributed by atoms with E-state index in [1.165, 1.54) is 22.5 Å². The third-order valence-electron chi connectivity index (χ3n) is 6.23. The number of amides is 2. The Balaban J connectivity index is 1.60. The van der Waals surface area contributed by atoms with Crippen LogP contribution >= 0.6 is 11.6 Å². The maximum atomic E-state index is 13.4. The Hall–Kier alpha value is -1.68. The fourth-order valence-electron chi connectivity index (χ4n) is 4.51. The van der Waals surface area contributed by atoms with E-state index in [1.807, 2.05) is 4.90 Å². The molecule has 0 aromatic heterocycles. The molecule has 3 saturated heterocycles. The summed E-state index contributed by atoms with van der Waals surface area (Å²) in [5, 5.41) is 0.0754. The lowest BCUT2D eigenvalue weighted by atomic mass is 9.99. The van der Waals surface area contributed by atoms with Gasteiger partial charge in [-0.15, -0.1) is 0 Å². The van der Waals surface area contributed by atoms with E-state index in [9.17, 15) is 18.0 Å². The van der Waals surface area contributed by atoms with Gasteiger partial charge in [0.2, 0.25) is 15.9 Å². The van der Waals surface area contributed by atoms with Crippen LogP contribution in [0.4, 0.5) is 0 Å². The minimum atomic E-state index is -3.85. The molecule has 1 unspecified atom stereocenters. The molecule has 0 radical (unpaired) electrons. The van der Waals surface area contributed by atoms with Gasteiger partial charge in [-0.05, 0) is 50.3 Å². The number of nitrogens with zero attached hydrogens (tertiary/aromatic N) is 3. The van der Waals surface area contributed by atoms with Gasteiger partial charge in [-0.2, -0.15) is 4.31 Å². The number of rotatable bonds is 4. The fourth-order valence-corrected chi connectivity index (χ4v) is 6.41. The molecular formula is C21H28ClN3O5S. The normalized spacial score (nSPS) is 23.2. The topological polar surface area (TPSA) is 87.2 Å². The number of benzene rings is 1. The van der Waals surface area contributed by atoms with Crippen molar-refractivity contribution in [2.75, 3.05) is 45.9 Å². The summed E-state index contributed by atoms with van der Waals surface area (Å²) in [5.41, 5.74) is 0.234. The molecule has 4 rings (SSSR count).